The number of nitrogens with one attached hydrogen (secondary N) is 4. The number of esters is 1. The monoisotopic (exact) mass is 584 g/mol. The van der Waals surface area contributed by atoms with Gasteiger partial charge in [0.1, 0.15) is 6.34 Å². The lowest BCUT2D eigenvalue weighted by Crippen LogP contribution is -2.40. The summed E-state index contributed by atoms with van der Waals surface area (Å²) >= 11 is 0. The number of aromatic amines is 1. The third-order valence-electron chi connectivity index (χ3n) is 5.92. The molecule has 1 aromatic carbocycles. The van der Waals surface area contributed by atoms with Crippen molar-refractivity contribution >= 4 is 47.7 Å². The van der Waals surface area contributed by atoms with Crippen molar-refractivity contribution in [1.82, 2.24) is 15.6 Å². The second-order valence-corrected chi connectivity index (χ2v) is 9.07. The first-order valence-corrected chi connectivity index (χ1v) is 13.3. The molecule has 0 aliphatic rings. The number of amidine groups is 1. The molecule has 226 valence electrons. The van der Waals surface area contributed by atoms with Gasteiger partial charge in [0.15, 0.2) is 5.84 Å². The van der Waals surface area contributed by atoms with Crippen molar-refractivity contribution in [3.8, 4) is 0 Å². The van der Waals surface area contributed by atoms with E-state index in [0.29, 0.717) is 42.5 Å². The van der Waals surface area contributed by atoms with Gasteiger partial charge in [-0.25, -0.2) is 14.7 Å². The number of carbonyl (C=O) groups is 5. The normalized spacial score (nSPS) is 10.9. The summed E-state index contributed by atoms with van der Waals surface area (Å²) in [5.41, 5.74) is 1.88. The van der Waals surface area contributed by atoms with E-state index in [1.807, 2.05) is 13.8 Å². The smallest absolute Gasteiger partial charge is 0.423 e. The van der Waals surface area contributed by atoms with Gasteiger partial charge in [0, 0.05) is 24.8 Å². The summed E-state index contributed by atoms with van der Waals surface area (Å²) in [6.07, 6.45) is 1.63. The molecule has 0 radical (unpaired) electrons. The molecule has 42 heavy (non-hydrogen) atoms. The number of carboxylic acids is 1. The molecule has 0 fully saturated rings. The van der Waals surface area contributed by atoms with Crippen LogP contribution in [0.4, 0.5) is 10.5 Å². The van der Waals surface area contributed by atoms with E-state index in [-0.39, 0.29) is 34.6 Å². The van der Waals surface area contributed by atoms with E-state index >= 15 is 0 Å². The standard InChI is InChI=1S/C28H36N6O8/c1-5-11-30-26(38)19-8-7-17(3)21(13-19)34(28(40)42-16-41-23(37)10-9-22(35)36)25(33-15-29)24-18(4)20(14-32-24)27(39)31-12-6-2/h7-8,13-15,29,32H,5-6,9-12,16H2,1-4H3,(H,30,38)(H,31,39)(H,35,36). The highest BCUT2D eigenvalue weighted by molar-refractivity contribution is 6.24. The van der Waals surface area contributed by atoms with E-state index in [0.717, 1.165) is 11.3 Å². The highest BCUT2D eigenvalue weighted by Gasteiger charge is 2.30. The molecule has 14 nitrogen and oxygen atoms in total. The van der Waals surface area contributed by atoms with Crippen molar-refractivity contribution in [2.45, 2.75) is 53.4 Å². The van der Waals surface area contributed by atoms with E-state index in [1.165, 1.54) is 12.3 Å². The average Bonchev–Trinajstić information content (AvgIpc) is 3.34. The fourth-order valence-corrected chi connectivity index (χ4v) is 3.71. The van der Waals surface area contributed by atoms with Crippen LogP contribution >= 0.6 is 0 Å². The number of rotatable bonds is 14. The number of carboxylic acid groups (broad SMARTS) is 1. The number of amides is 3. The van der Waals surface area contributed by atoms with Crippen molar-refractivity contribution in [1.29, 1.82) is 5.41 Å². The molecule has 1 heterocycles. The number of aromatic nitrogens is 1. The first kappa shape index (κ1) is 33.2. The largest absolute Gasteiger partial charge is 0.481 e. The van der Waals surface area contributed by atoms with Crippen LogP contribution in [0.1, 0.15) is 77.1 Å². The maximum absolute atomic E-state index is 13.5. The molecule has 5 N–H and O–H groups in total. The highest BCUT2D eigenvalue weighted by Crippen LogP contribution is 2.27. The van der Waals surface area contributed by atoms with Crippen molar-refractivity contribution in [2.75, 3.05) is 24.8 Å². The molecule has 3 amide bonds. The molecule has 0 spiro atoms. The molecule has 0 saturated heterocycles. The number of nitrogens with zero attached hydrogens (tertiary/aromatic N) is 2. The van der Waals surface area contributed by atoms with E-state index < -0.39 is 37.7 Å². The van der Waals surface area contributed by atoms with E-state index in [9.17, 15) is 24.0 Å². The lowest BCUT2D eigenvalue weighted by molar-refractivity contribution is -0.154. The maximum Gasteiger partial charge on any atom is 0.423 e. The van der Waals surface area contributed by atoms with Crippen molar-refractivity contribution in [2.24, 2.45) is 4.99 Å². The van der Waals surface area contributed by atoms with Crippen LogP contribution in [0.2, 0.25) is 0 Å². The number of ether oxygens (including phenoxy) is 2. The van der Waals surface area contributed by atoms with Gasteiger partial charge in [0.2, 0.25) is 6.79 Å². The number of hydrogen-bond acceptors (Lipinski definition) is 8. The molecular weight excluding hydrogens is 548 g/mol. The zero-order valence-electron chi connectivity index (χ0n) is 24.0. The molecule has 0 aliphatic carbocycles. The highest BCUT2D eigenvalue weighted by atomic mass is 16.7. The topological polar surface area (TPSA) is 203 Å². The Balaban J connectivity index is 2.56. The Kier molecular flexibility index (Phi) is 12.9. The van der Waals surface area contributed by atoms with Gasteiger partial charge in [0.05, 0.1) is 29.8 Å². The second kappa shape index (κ2) is 16.3. The molecule has 0 unspecified atom stereocenters. The van der Waals surface area contributed by atoms with Crippen molar-refractivity contribution < 1.29 is 38.6 Å². The molecule has 0 bridgehead atoms. The molecule has 0 saturated carbocycles. The first-order chi connectivity index (χ1) is 20.0. The fourth-order valence-electron chi connectivity index (χ4n) is 3.71. The zero-order valence-corrected chi connectivity index (χ0v) is 24.0. The van der Waals surface area contributed by atoms with Crippen LogP contribution in [0, 0.1) is 19.3 Å². The van der Waals surface area contributed by atoms with Gasteiger partial charge in [-0.2, -0.15) is 0 Å². The van der Waals surface area contributed by atoms with Gasteiger partial charge in [-0.05, 0) is 49.9 Å². The van der Waals surface area contributed by atoms with Crippen LogP contribution in [-0.2, 0) is 19.1 Å². The molecule has 0 aliphatic heterocycles. The van der Waals surface area contributed by atoms with Gasteiger partial charge in [-0.15, -0.1) is 0 Å². The maximum atomic E-state index is 13.5. The fraction of sp³-hybridized carbons (Fsp3) is 0.393. The number of H-pyrrole nitrogens is 1. The molecule has 2 aromatic rings. The minimum absolute atomic E-state index is 0.131. The molecule has 0 atom stereocenters. The van der Waals surface area contributed by atoms with Crippen LogP contribution in [0.15, 0.2) is 29.4 Å². The minimum Gasteiger partial charge on any atom is -0.481 e. The van der Waals surface area contributed by atoms with E-state index in [1.54, 1.807) is 26.0 Å². The number of anilines is 1. The van der Waals surface area contributed by atoms with Crippen LogP contribution in [0.3, 0.4) is 0 Å². The summed E-state index contributed by atoms with van der Waals surface area (Å²) in [6.45, 7) is 7.20. The second-order valence-electron chi connectivity index (χ2n) is 9.07. The number of aliphatic imine (C=N–C) groups is 1. The van der Waals surface area contributed by atoms with Crippen LogP contribution in [0.25, 0.3) is 0 Å². The summed E-state index contributed by atoms with van der Waals surface area (Å²) in [4.78, 5) is 69.6. The van der Waals surface area contributed by atoms with Gasteiger partial charge in [-0.1, -0.05) is 19.9 Å². The SMILES string of the molecule is CCCNC(=O)c1ccc(C)c(N(C(=O)OCOC(=O)CCC(=O)O)C(=NC=N)c2[nH]cc(C(=O)NCCC)c2C)c1. The first-order valence-electron chi connectivity index (χ1n) is 13.3. The average molecular weight is 585 g/mol. The Labute approximate surface area is 243 Å². The minimum atomic E-state index is -1.19. The summed E-state index contributed by atoms with van der Waals surface area (Å²) in [5.74, 6) is -2.94. The summed E-state index contributed by atoms with van der Waals surface area (Å²) in [5, 5.41) is 22.0. The predicted molar refractivity (Wildman–Crippen MR) is 154 cm³/mol. The summed E-state index contributed by atoms with van der Waals surface area (Å²) in [7, 11) is 0. The third-order valence-corrected chi connectivity index (χ3v) is 5.92. The Bertz CT molecular complexity index is 1350. The Morgan fingerprint density at radius 3 is 2.31 bits per heavy atom. The number of aryl methyl sites for hydroxylation is 1. The van der Waals surface area contributed by atoms with Crippen molar-refractivity contribution in [3.63, 3.8) is 0 Å². The van der Waals surface area contributed by atoms with Crippen molar-refractivity contribution in [3.05, 3.63) is 52.3 Å². The molecule has 1 aromatic heterocycles. The molecular formula is C28H36N6O8. The number of carbonyl (C=O) groups excluding carboxylic acids is 4. The molecule has 14 heteroatoms. The van der Waals surface area contributed by atoms with Gasteiger partial charge in [-0.3, -0.25) is 24.6 Å². The van der Waals surface area contributed by atoms with Crippen LogP contribution in [-0.4, -0.2) is 72.0 Å². The van der Waals surface area contributed by atoms with Gasteiger partial charge < -0.3 is 30.2 Å². The lowest BCUT2D eigenvalue weighted by atomic mass is 10.1. The molecule has 2 rings (SSSR count). The van der Waals surface area contributed by atoms with Crippen LogP contribution < -0.4 is 15.5 Å². The predicted octanol–water partition coefficient (Wildman–Crippen LogP) is 3.27. The van der Waals surface area contributed by atoms with E-state index in [4.69, 9.17) is 20.0 Å². The van der Waals surface area contributed by atoms with Gasteiger partial charge in [0.25, 0.3) is 11.8 Å². The lowest BCUT2D eigenvalue weighted by Gasteiger charge is -2.25. The number of benzene rings is 1. The van der Waals surface area contributed by atoms with E-state index in [2.05, 4.69) is 20.6 Å². The summed E-state index contributed by atoms with van der Waals surface area (Å²) in [6, 6.07) is 4.66. The quantitative estimate of drug-likeness (QED) is 0.0962. The van der Waals surface area contributed by atoms with Gasteiger partial charge >= 0.3 is 18.0 Å². The number of hydrogen-bond donors (Lipinski definition) is 5. The Morgan fingerprint density at radius 2 is 1.69 bits per heavy atom. The Morgan fingerprint density at radius 1 is 1.02 bits per heavy atom. The number of aliphatic carboxylic acids is 1. The zero-order chi connectivity index (χ0) is 31.2. The third kappa shape index (κ3) is 9.01. The van der Waals surface area contributed by atoms with Crippen LogP contribution in [0.5, 0.6) is 0 Å². The summed E-state index contributed by atoms with van der Waals surface area (Å²) < 4.78 is 10.0. The Hall–Kier alpha value is -5.01.